The fraction of sp³-hybridized carbons (Fsp3) is 0.545. The van der Waals surface area contributed by atoms with Crippen molar-refractivity contribution in [1.29, 1.82) is 0 Å². The van der Waals surface area contributed by atoms with Crippen LogP contribution in [-0.4, -0.2) is 68.8 Å². The van der Waals surface area contributed by atoms with Gasteiger partial charge in [0.1, 0.15) is 18.2 Å². The Kier molecular flexibility index (Phi) is 11.7. The van der Waals surface area contributed by atoms with E-state index in [1.165, 1.54) is 0 Å². The first-order chi connectivity index (χ1) is 14.8. The van der Waals surface area contributed by atoms with Crippen LogP contribution >= 0.6 is 24.0 Å². The number of likely N-dealkylation sites (N-methyl/N-ethyl adjacent to an activating group) is 1. The average Bonchev–Trinajstić information content (AvgIpc) is 3.32. The fourth-order valence-corrected chi connectivity index (χ4v) is 3.36. The highest BCUT2D eigenvalue weighted by Crippen LogP contribution is 2.14. The molecule has 9 heteroatoms. The normalized spacial score (nSPS) is 14.9. The fourth-order valence-electron chi connectivity index (χ4n) is 3.36. The van der Waals surface area contributed by atoms with Gasteiger partial charge in [0.25, 0.3) is 0 Å². The molecule has 0 unspecified atom stereocenters. The summed E-state index contributed by atoms with van der Waals surface area (Å²) in [6, 6.07) is 8.03. The van der Waals surface area contributed by atoms with Gasteiger partial charge in [0, 0.05) is 59.1 Å². The summed E-state index contributed by atoms with van der Waals surface area (Å²) >= 11 is 0. The van der Waals surface area contributed by atoms with E-state index in [0.29, 0.717) is 19.8 Å². The van der Waals surface area contributed by atoms with Crippen molar-refractivity contribution in [1.82, 2.24) is 20.5 Å². The van der Waals surface area contributed by atoms with Crippen LogP contribution in [0.15, 0.2) is 46.1 Å². The van der Waals surface area contributed by atoms with E-state index >= 15 is 0 Å². The van der Waals surface area contributed by atoms with Crippen LogP contribution in [0.25, 0.3) is 0 Å². The molecular formula is C22H35IN6O2. The van der Waals surface area contributed by atoms with Gasteiger partial charge in [-0.25, -0.2) is 4.98 Å². The molecule has 0 atom stereocenters. The van der Waals surface area contributed by atoms with Crippen molar-refractivity contribution in [3.05, 3.63) is 48.0 Å². The largest absolute Gasteiger partial charge is 0.467 e. The Bertz CT molecular complexity index is 746. The number of furan rings is 1. The Balaban J connectivity index is 0.00000341. The highest BCUT2D eigenvalue weighted by Gasteiger charge is 2.16. The van der Waals surface area contributed by atoms with Crippen LogP contribution in [0.1, 0.15) is 24.7 Å². The van der Waals surface area contributed by atoms with Crippen molar-refractivity contribution in [2.45, 2.75) is 26.5 Å². The molecule has 2 aromatic rings. The number of rotatable bonds is 10. The van der Waals surface area contributed by atoms with Crippen LogP contribution in [0.4, 0.5) is 5.82 Å². The second kappa shape index (κ2) is 14.3. The lowest BCUT2D eigenvalue weighted by Gasteiger charge is -2.34. The first kappa shape index (κ1) is 25.4. The molecule has 0 bridgehead atoms. The van der Waals surface area contributed by atoms with Gasteiger partial charge in [-0.05, 0) is 36.7 Å². The number of nitrogens with zero attached hydrogens (tertiary/aromatic N) is 4. The van der Waals surface area contributed by atoms with Gasteiger partial charge < -0.3 is 29.6 Å². The van der Waals surface area contributed by atoms with Gasteiger partial charge in [-0.2, -0.15) is 0 Å². The maximum atomic E-state index is 5.59. The van der Waals surface area contributed by atoms with E-state index in [0.717, 1.165) is 68.8 Å². The van der Waals surface area contributed by atoms with Gasteiger partial charge in [0.05, 0.1) is 6.26 Å². The first-order valence-electron chi connectivity index (χ1n) is 10.8. The molecule has 0 aromatic carbocycles. The molecule has 3 rings (SSSR count). The summed E-state index contributed by atoms with van der Waals surface area (Å²) in [5.41, 5.74) is 1.13. The summed E-state index contributed by atoms with van der Waals surface area (Å²) in [5, 5.41) is 6.64. The van der Waals surface area contributed by atoms with Crippen molar-refractivity contribution >= 4 is 35.8 Å². The summed E-state index contributed by atoms with van der Waals surface area (Å²) in [7, 11) is 1.78. The zero-order valence-electron chi connectivity index (χ0n) is 18.5. The number of hydrogen-bond donors (Lipinski definition) is 2. The smallest absolute Gasteiger partial charge is 0.191 e. The third kappa shape index (κ3) is 8.66. The number of aromatic nitrogens is 1. The molecule has 0 saturated carbocycles. The predicted octanol–water partition coefficient (Wildman–Crippen LogP) is 2.71. The second-order valence-electron chi connectivity index (χ2n) is 7.28. The lowest BCUT2D eigenvalue weighted by Crippen LogP contribution is -2.46. The number of nitrogens with one attached hydrogen (secondary N) is 2. The maximum Gasteiger partial charge on any atom is 0.191 e. The van der Waals surface area contributed by atoms with Crippen LogP contribution in [0, 0.1) is 0 Å². The molecule has 8 nitrogen and oxygen atoms in total. The number of pyridine rings is 1. The van der Waals surface area contributed by atoms with E-state index in [2.05, 4.69) is 49.5 Å². The number of aliphatic imine (C=N–C) groups is 1. The monoisotopic (exact) mass is 542 g/mol. The molecule has 2 N–H and O–H groups in total. The Hall–Kier alpha value is -1.85. The number of piperazine rings is 1. The van der Waals surface area contributed by atoms with Gasteiger partial charge in [-0.15, -0.1) is 24.0 Å². The summed E-state index contributed by atoms with van der Waals surface area (Å²) in [6.45, 7) is 10.3. The SMILES string of the molecule is CCN1CCN(c2ccc(CNC(=NC)NCCCOCc3ccco3)cn2)CC1.I. The molecule has 1 aliphatic rings. The summed E-state index contributed by atoms with van der Waals surface area (Å²) in [4.78, 5) is 13.8. The van der Waals surface area contributed by atoms with E-state index in [4.69, 9.17) is 9.15 Å². The van der Waals surface area contributed by atoms with Gasteiger partial charge in [-0.1, -0.05) is 13.0 Å². The van der Waals surface area contributed by atoms with Gasteiger partial charge in [-0.3, -0.25) is 4.99 Å². The van der Waals surface area contributed by atoms with Crippen LogP contribution < -0.4 is 15.5 Å². The maximum absolute atomic E-state index is 5.59. The molecule has 3 heterocycles. The van der Waals surface area contributed by atoms with E-state index in [1.807, 2.05) is 18.3 Å². The Morgan fingerprint density at radius 2 is 2.03 bits per heavy atom. The van der Waals surface area contributed by atoms with Gasteiger partial charge in [0.15, 0.2) is 5.96 Å². The van der Waals surface area contributed by atoms with Crippen molar-refractivity contribution in [3.8, 4) is 0 Å². The quantitative estimate of drug-likeness (QED) is 0.207. The Morgan fingerprint density at radius 3 is 2.68 bits per heavy atom. The number of hydrogen-bond acceptors (Lipinski definition) is 6. The third-order valence-electron chi connectivity index (χ3n) is 5.22. The Labute approximate surface area is 202 Å². The molecule has 0 spiro atoms. The van der Waals surface area contributed by atoms with Crippen LogP contribution in [0.5, 0.6) is 0 Å². The lowest BCUT2D eigenvalue weighted by molar-refractivity contribution is 0.105. The lowest BCUT2D eigenvalue weighted by atomic mass is 10.2. The number of ether oxygens (including phenoxy) is 1. The molecule has 1 saturated heterocycles. The van der Waals surface area contributed by atoms with Gasteiger partial charge in [0.2, 0.25) is 0 Å². The molecule has 1 aliphatic heterocycles. The van der Waals surface area contributed by atoms with Crippen LogP contribution in [-0.2, 0) is 17.9 Å². The molecule has 172 valence electrons. The minimum atomic E-state index is 0. The summed E-state index contributed by atoms with van der Waals surface area (Å²) < 4.78 is 10.8. The second-order valence-corrected chi connectivity index (χ2v) is 7.28. The minimum absolute atomic E-state index is 0. The van der Waals surface area contributed by atoms with E-state index in [-0.39, 0.29) is 24.0 Å². The summed E-state index contributed by atoms with van der Waals surface area (Å²) in [5.74, 6) is 2.69. The predicted molar refractivity (Wildman–Crippen MR) is 135 cm³/mol. The van der Waals surface area contributed by atoms with Crippen molar-refractivity contribution in [2.75, 3.05) is 57.8 Å². The van der Waals surface area contributed by atoms with E-state index in [9.17, 15) is 0 Å². The van der Waals surface area contributed by atoms with E-state index < -0.39 is 0 Å². The Morgan fingerprint density at radius 1 is 1.19 bits per heavy atom. The van der Waals surface area contributed by atoms with Crippen molar-refractivity contribution < 1.29 is 9.15 Å². The topological polar surface area (TPSA) is 78.2 Å². The average molecular weight is 542 g/mol. The van der Waals surface area contributed by atoms with Crippen molar-refractivity contribution in [3.63, 3.8) is 0 Å². The molecule has 2 aromatic heterocycles. The summed E-state index contributed by atoms with van der Waals surface area (Å²) in [6.07, 6.45) is 4.50. The zero-order chi connectivity index (χ0) is 21.0. The van der Waals surface area contributed by atoms with Crippen molar-refractivity contribution in [2.24, 2.45) is 4.99 Å². The third-order valence-corrected chi connectivity index (χ3v) is 5.22. The molecule has 0 aliphatic carbocycles. The number of anilines is 1. The first-order valence-corrected chi connectivity index (χ1v) is 10.8. The molecular weight excluding hydrogens is 507 g/mol. The number of guanidine groups is 1. The minimum Gasteiger partial charge on any atom is -0.467 e. The highest BCUT2D eigenvalue weighted by atomic mass is 127. The zero-order valence-corrected chi connectivity index (χ0v) is 20.9. The standard InChI is InChI=1S/C22H34N6O2.HI/c1-3-27-10-12-28(13-11-27)21-8-7-19(16-25-21)17-26-22(23-2)24-9-5-14-29-18-20-6-4-15-30-20;/h4,6-8,15-16H,3,5,9-14,17-18H2,1-2H3,(H2,23,24,26);1H. The molecule has 0 amide bonds. The van der Waals surface area contributed by atoms with E-state index in [1.54, 1.807) is 13.3 Å². The van der Waals surface area contributed by atoms with Gasteiger partial charge >= 0.3 is 0 Å². The molecule has 31 heavy (non-hydrogen) atoms. The number of halogens is 1. The highest BCUT2D eigenvalue weighted by molar-refractivity contribution is 14.0. The molecule has 1 fully saturated rings. The van der Waals surface area contributed by atoms with Crippen LogP contribution in [0.2, 0.25) is 0 Å². The van der Waals surface area contributed by atoms with Crippen LogP contribution in [0.3, 0.4) is 0 Å². The molecule has 0 radical (unpaired) electrons.